The number of rotatable bonds is 6. The van der Waals surface area contributed by atoms with E-state index in [1.54, 1.807) is 18.2 Å². The highest BCUT2D eigenvalue weighted by Crippen LogP contribution is 2.21. The molecule has 1 heterocycles. The molecule has 0 bridgehead atoms. The van der Waals surface area contributed by atoms with Crippen LogP contribution in [0.15, 0.2) is 24.3 Å². The number of amides is 1. The number of hydrogen-bond donors (Lipinski definition) is 2. The lowest BCUT2D eigenvalue weighted by Crippen LogP contribution is -2.54. The first-order valence-electron chi connectivity index (χ1n) is 7.43. The molecule has 0 unspecified atom stereocenters. The van der Waals surface area contributed by atoms with E-state index < -0.39 is 5.54 Å². The number of ether oxygens (including phenoxy) is 2. The van der Waals surface area contributed by atoms with Crippen LogP contribution in [0.1, 0.15) is 36.5 Å². The number of nitrogens with one attached hydrogen (secondary N) is 1. The first-order chi connectivity index (χ1) is 10.2. The van der Waals surface area contributed by atoms with Crippen LogP contribution < -0.4 is 10.1 Å². The van der Waals surface area contributed by atoms with Crippen LogP contribution in [0.5, 0.6) is 5.75 Å². The fourth-order valence-corrected chi connectivity index (χ4v) is 2.34. The zero-order valence-corrected chi connectivity index (χ0v) is 12.4. The van der Waals surface area contributed by atoms with Crippen molar-refractivity contribution in [3.8, 4) is 5.75 Å². The van der Waals surface area contributed by atoms with Crippen molar-refractivity contribution >= 4 is 5.91 Å². The molecule has 1 saturated heterocycles. The van der Waals surface area contributed by atoms with E-state index in [-0.39, 0.29) is 12.5 Å². The molecule has 116 valence electrons. The Morgan fingerprint density at radius 1 is 1.43 bits per heavy atom. The summed E-state index contributed by atoms with van der Waals surface area (Å²) in [6.45, 7) is 3.70. The zero-order chi connectivity index (χ0) is 15.1. The average Bonchev–Trinajstić information content (AvgIpc) is 2.54. The van der Waals surface area contributed by atoms with Gasteiger partial charge >= 0.3 is 0 Å². The third-order valence-corrected chi connectivity index (χ3v) is 3.70. The Morgan fingerprint density at radius 2 is 2.19 bits per heavy atom. The zero-order valence-electron chi connectivity index (χ0n) is 12.4. The van der Waals surface area contributed by atoms with Crippen LogP contribution >= 0.6 is 0 Å². The second-order valence-corrected chi connectivity index (χ2v) is 5.38. The van der Waals surface area contributed by atoms with Gasteiger partial charge in [-0.15, -0.1) is 0 Å². The molecule has 0 atom stereocenters. The highest BCUT2D eigenvalue weighted by molar-refractivity contribution is 5.95. The Morgan fingerprint density at radius 3 is 2.86 bits per heavy atom. The van der Waals surface area contributed by atoms with Crippen LogP contribution in [0.2, 0.25) is 0 Å². The molecule has 1 fully saturated rings. The van der Waals surface area contributed by atoms with Crippen LogP contribution in [-0.2, 0) is 4.74 Å². The summed E-state index contributed by atoms with van der Waals surface area (Å²) in [4.78, 5) is 12.4. The molecule has 5 heteroatoms. The largest absolute Gasteiger partial charge is 0.494 e. The van der Waals surface area contributed by atoms with Crippen molar-refractivity contribution in [3.63, 3.8) is 0 Å². The van der Waals surface area contributed by atoms with Crippen molar-refractivity contribution in [2.75, 3.05) is 26.4 Å². The normalized spacial score (nSPS) is 17.2. The van der Waals surface area contributed by atoms with Gasteiger partial charge in [0.25, 0.3) is 5.91 Å². The molecular weight excluding hydrogens is 270 g/mol. The van der Waals surface area contributed by atoms with E-state index in [1.165, 1.54) is 0 Å². The number of aliphatic hydroxyl groups excluding tert-OH is 1. The number of carbonyl (C=O) groups excluding carboxylic acids is 1. The van der Waals surface area contributed by atoms with E-state index in [4.69, 9.17) is 9.47 Å². The molecule has 0 aromatic heterocycles. The van der Waals surface area contributed by atoms with Gasteiger partial charge < -0.3 is 19.9 Å². The first kappa shape index (κ1) is 15.8. The van der Waals surface area contributed by atoms with E-state index >= 15 is 0 Å². The number of hydrogen-bond acceptors (Lipinski definition) is 4. The number of carbonyl (C=O) groups is 1. The predicted molar refractivity (Wildman–Crippen MR) is 79.6 cm³/mol. The Balaban J connectivity index is 2.05. The lowest BCUT2D eigenvalue weighted by Gasteiger charge is -2.36. The predicted octanol–water partition coefficient (Wildman–Crippen LogP) is 1.75. The van der Waals surface area contributed by atoms with E-state index in [0.717, 1.165) is 6.42 Å². The molecule has 0 aliphatic carbocycles. The molecule has 0 radical (unpaired) electrons. The summed E-state index contributed by atoms with van der Waals surface area (Å²) >= 11 is 0. The molecule has 2 N–H and O–H groups in total. The third kappa shape index (κ3) is 4.19. The van der Waals surface area contributed by atoms with E-state index in [9.17, 15) is 9.90 Å². The SMILES string of the molecule is CCCOc1cccc(C(=O)NC2(CO)CCOCC2)c1. The van der Waals surface area contributed by atoms with Gasteiger partial charge in [-0.05, 0) is 37.5 Å². The molecule has 5 nitrogen and oxygen atoms in total. The van der Waals surface area contributed by atoms with Gasteiger partial charge in [0.1, 0.15) is 5.75 Å². The Labute approximate surface area is 125 Å². The fourth-order valence-electron chi connectivity index (χ4n) is 2.34. The second kappa shape index (κ2) is 7.43. The third-order valence-electron chi connectivity index (χ3n) is 3.70. The lowest BCUT2D eigenvalue weighted by molar-refractivity contribution is 0.0125. The highest BCUT2D eigenvalue weighted by atomic mass is 16.5. The maximum absolute atomic E-state index is 12.4. The number of aliphatic hydroxyl groups is 1. The topological polar surface area (TPSA) is 67.8 Å². The van der Waals surface area contributed by atoms with Gasteiger partial charge in [0.15, 0.2) is 0 Å². The van der Waals surface area contributed by atoms with E-state index in [2.05, 4.69) is 5.32 Å². The van der Waals surface area contributed by atoms with Crippen molar-refractivity contribution < 1.29 is 19.4 Å². The Bertz CT molecular complexity index is 469. The van der Waals surface area contributed by atoms with Crippen molar-refractivity contribution in [2.45, 2.75) is 31.7 Å². The standard InChI is InChI=1S/C16H23NO4/c1-2-8-21-14-5-3-4-13(11-14)15(19)17-16(12-18)6-9-20-10-7-16/h3-5,11,18H,2,6-10,12H2,1H3,(H,17,19). The summed E-state index contributed by atoms with van der Waals surface area (Å²) in [5, 5.41) is 12.6. The molecule has 1 aromatic rings. The van der Waals surface area contributed by atoms with Gasteiger partial charge in [-0.3, -0.25) is 4.79 Å². The molecule has 0 saturated carbocycles. The summed E-state index contributed by atoms with van der Waals surface area (Å²) in [6, 6.07) is 7.12. The first-order valence-corrected chi connectivity index (χ1v) is 7.43. The average molecular weight is 293 g/mol. The van der Waals surface area contributed by atoms with Crippen LogP contribution in [0.4, 0.5) is 0 Å². The van der Waals surface area contributed by atoms with Crippen LogP contribution in [0, 0.1) is 0 Å². The van der Waals surface area contributed by atoms with Crippen molar-refractivity contribution in [2.24, 2.45) is 0 Å². The van der Waals surface area contributed by atoms with E-state index in [1.807, 2.05) is 13.0 Å². The Kier molecular flexibility index (Phi) is 5.59. The molecule has 1 amide bonds. The lowest BCUT2D eigenvalue weighted by atomic mass is 9.90. The fraction of sp³-hybridized carbons (Fsp3) is 0.562. The summed E-state index contributed by atoms with van der Waals surface area (Å²) in [7, 11) is 0. The van der Waals surface area contributed by atoms with Gasteiger partial charge in [0, 0.05) is 18.8 Å². The maximum atomic E-state index is 12.4. The molecule has 1 aliphatic heterocycles. The monoisotopic (exact) mass is 293 g/mol. The smallest absolute Gasteiger partial charge is 0.251 e. The van der Waals surface area contributed by atoms with Crippen molar-refractivity contribution in [3.05, 3.63) is 29.8 Å². The highest BCUT2D eigenvalue weighted by Gasteiger charge is 2.33. The Hall–Kier alpha value is -1.59. The van der Waals surface area contributed by atoms with Crippen LogP contribution in [0.3, 0.4) is 0 Å². The van der Waals surface area contributed by atoms with E-state index in [0.29, 0.717) is 44.0 Å². The molecule has 1 aliphatic rings. The number of benzene rings is 1. The minimum absolute atomic E-state index is 0.0753. The molecule has 0 spiro atoms. The van der Waals surface area contributed by atoms with Crippen molar-refractivity contribution in [1.82, 2.24) is 5.32 Å². The van der Waals surface area contributed by atoms with Gasteiger partial charge in [0.2, 0.25) is 0 Å². The summed E-state index contributed by atoms with van der Waals surface area (Å²) in [5.41, 5.74) is -0.0294. The van der Waals surface area contributed by atoms with Crippen LogP contribution in [0.25, 0.3) is 0 Å². The molecular formula is C16H23NO4. The molecule has 21 heavy (non-hydrogen) atoms. The summed E-state index contributed by atoms with van der Waals surface area (Å²) in [5.74, 6) is 0.502. The summed E-state index contributed by atoms with van der Waals surface area (Å²) < 4.78 is 10.8. The van der Waals surface area contributed by atoms with Gasteiger partial charge in [-0.25, -0.2) is 0 Å². The van der Waals surface area contributed by atoms with Gasteiger partial charge in [-0.1, -0.05) is 13.0 Å². The van der Waals surface area contributed by atoms with Crippen LogP contribution in [-0.4, -0.2) is 43.0 Å². The quantitative estimate of drug-likeness (QED) is 0.838. The summed E-state index contributed by atoms with van der Waals surface area (Å²) in [6.07, 6.45) is 2.17. The van der Waals surface area contributed by atoms with Crippen molar-refractivity contribution in [1.29, 1.82) is 0 Å². The minimum Gasteiger partial charge on any atom is -0.494 e. The maximum Gasteiger partial charge on any atom is 0.251 e. The molecule has 1 aromatic carbocycles. The van der Waals surface area contributed by atoms with Gasteiger partial charge in [-0.2, -0.15) is 0 Å². The minimum atomic E-state index is -0.574. The second-order valence-electron chi connectivity index (χ2n) is 5.38. The molecule has 2 rings (SSSR count). The van der Waals surface area contributed by atoms with Gasteiger partial charge in [0.05, 0.1) is 18.8 Å².